The SMILES string of the molecule is [C-]#[N+]c1ccc(N(CCOc2ccc(Br)cn2)CC(F)(F)F)cc1C(F)(F)F. The largest absolute Gasteiger partial charge is 0.476 e. The van der Waals surface area contributed by atoms with Gasteiger partial charge in [-0.25, -0.2) is 9.83 Å². The van der Waals surface area contributed by atoms with Crippen LogP contribution in [0.2, 0.25) is 0 Å². The number of halogens is 7. The summed E-state index contributed by atoms with van der Waals surface area (Å²) in [5.74, 6) is 0.162. The third kappa shape index (κ3) is 6.30. The van der Waals surface area contributed by atoms with Crippen molar-refractivity contribution in [2.45, 2.75) is 12.4 Å². The molecule has 0 saturated carbocycles. The second-order valence-electron chi connectivity index (χ2n) is 5.51. The van der Waals surface area contributed by atoms with Gasteiger partial charge in [-0.05, 0) is 34.1 Å². The van der Waals surface area contributed by atoms with Gasteiger partial charge in [-0.1, -0.05) is 6.07 Å². The lowest BCUT2D eigenvalue weighted by atomic mass is 10.1. The van der Waals surface area contributed by atoms with E-state index in [9.17, 15) is 26.3 Å². The zero-order valence-corrected chi connectivity index (χ0v) is 15.6. The van der Waals surface area contributed by atoms with Crippen LogP contribution in [0.4, 0.5) is 37.7 Å². The molecule has 28 heavy (non-hydrogen) atoms. The predicted octanol–water partition coefficient (Wildman–Crippen LogP) is 5.86. The maximum atomic E-state index is 13.1. The highest BCUT2D eigenvalue weighted by molar-refractivity contribution is 9.10. The maximum Gasteiger partial charge on any atom is 0.407 e. The van der Waals surface area contributed by atoms with E-state index in [-0.39, 0.29) is 24.7 Å². The molecule has 11 heteroatoms. The number of hydrogen-bond acceptors (Lipinski definition) is 3. The standard InChI is InChI=1S/C17H12BrF6N3O/c1-25-14-4-3-12(8-13(14)17(22,23)24)27(10-16(19,20)21)6-7-28-15-5-2-11(18)9-26-15/h2-5,8-9H,6-7,10H2. The van der Waals surface area contributed by atoms with Crippen molar-refractivity contribution in [3.05, 3.63) is 58.0 Å². The van der Waals surface area contributed by atoms with Crippen molar-refractivity contribution in [3.8, 4) is 5.88 Å². The van der Waals surface area contributed by atoms with Gasteiger partial charge in [0.15, 0.2) is 5.69 Å². The first-order valence-electron chi connectivity index (χ1n) is 7.64. The normalized spacial score (nSPS) is 11.8. The van der Waals surface area contributed by atoms with Gasteiger partial charge in [-0.2, -0.15) is 26.3 Å². The smallest absolute Gasteiger partial charge is 0.407 e. The number of aromatic nitrogens is 1. The predicted molar refractivity (Wildman–Crippen MR) is 93.4 cm³/mol. The van der Waals surface area contributed by atoms with Crippen molar-refractivity contribution in [2.75, 3.05) is 24.6 Å². The van der Waals surface area contributed by atoms with Gasteiger partial charge in [0.2, 0.25) is 5.88 Å². The van der Waals surface area contributed by atoms with Crippen LogP contribution < -0.4 is 9.64 Å². The number of rotatable bonds is 6. The highest BCUT2D eigenvalue weighted by Gasteiger charge is 2.35. The van der Waals surface area contributed by atoms with Crippen LogP contribution in [0.15, 0.2) is 41.0 Å². The summed E-state index contributed by atoms with van der Waals surface area (Å²) in [6.07, 6.45) is -8.08. The summed E-state index contributed by atoms with van der Waals surface area (Å²) >= 11 is 3.17. The van der Waals surface area contributed by atoms with Crippen molar-refractivity contribution in [3.63, 3.8) is 0 Å². The minimum atomic E-state index is -4.86. The Balaban J connectivity index is 2.23. The van der Waals surface area contributed by atoms with E-state index in [1.807, 2.05) is 0 Å². The van der Waals surface area contributed by atoms with E-state index in [2.05, 4.69) is 25.8 Å². The molecule has 4 nitrogen and oxygen atoms in total. The lowest BCUT2D eigenvalue weighted by Crippen LogP contribution is -2.37. The Morgan fingerprint density at radius 1 is 1.11 bits per heavy atom. The molecule has 0 fully saturated rings. The highest BCUT2D eigenvalue weighted by Crippen LogP contribution is 2.39. The maximum absolute atomic E-state index is 13.1. The van der Waals surface area contributed by atoms with Gasteiger partial charge < -0.3 is 9.64 Å². The molecule has 0 bridgehead atoms. The average Bonchev–Trinajstić information content (AvgIpc) is 2.60. The molecule has 0 aliphatic carbocycles. The fourth-order valence-corrected chi connectivity index (χ4v) is 2.50. The van der Waals surface area contributed by atoms with Crippen LogP contribution in [0.3, 0.4) is 0 Å². The van der Waals surface area contributed by atoms with Gasteiger partial charge >= 0.3 is 12.4 Å². The average molecular weight is 468 g/mol. The van der Waals surface area contributed by atoms with Gasteiger partial charge in [-0.15, -0.1) is 0 Å². The number of ether oxygens (including phenoxy) is 1. The molecule has 0 aliphatic heterocycles. The molecule has 0 saturated heterocycles. The Morgan fingerprint density at radius 2 is 1.82 bits per heavy atom. The van der Waals surface area contributed by atoms with Crippen LogP contribution in [-0.4, -0.2) is 30.9 Å². The molecule has 2 rings (SSSR count). The second-order valence-corrected chi connectivity index (χ2v) is 6.43. The summed E-state index contributed by atoms with van der Waals surface area (Å²) < 4.78 is 83.9. The van der Waals surface area contributed by atoms with E-state index in [0.29, 0.717) is 15.4 Å². The topological polar surface area (TPSA) is 29.7 Å². The number of hydrogen-bond donors (Lipinski definition) is 0. The van der Waals surface area contributed by atoms with Crippen molar-refractivity contribution < 1.29 is 31.1 Å². The first kappa shape index (κ1) is 21.8. The van der Waals surface area contributed by atoms with Gasteiger partial charge in [0.05, 0.1) is 18.7 Å². The van der Waals surface area contributed by atoms with Gasteiger partial charge in [0.25, 0.3) is 0 Å². The Labute approximate surface area is 164 Å². The number of anilines is 1. The molecule has 0 atom stereocenters. The van der Waals surface area contributed by atoms with Crippen LogP contribution in [0.1, 0.15) is 5.56 Å². The van der Waals surface area contributed by atoms with Crippen molar-refractivity contribution >= 4 is 27.3 Å². The summed E-state index contributed by atoms with van der Waals surface area (Å²) in [6, 6.07) is 5.55. The van der Waals surface area contributed by atoms with E-state index < -0.39 is 30.1 Å². The molecule has 0 spiro atoms. The van der Waals surface area contributed by atoms with Crippen LogP contribution >= 0.6 is 15.9 Å². The molecule has 0 amide bonds. The molecule has 0 N–H and O–H groups in total. The minimum Gasteiger partial charge on any atom is -0.476 e. The zero-order valence-electron chi connectivity index (χ0n) is 14.0. The molecule has 150 valence electrons. The van der Waals surface area contributed by atoms with Crippen molar-refractivity contribution in [1.29, 1.82) is 0 Å². The fourth-order valence-electron chi connectivity index (χ4n) is 2.27. The van der Waals surface area contributed by atoms with E-state index in [1.54, 1.807) is 6.07 Å². The first-order chi connectivity index (χ1) is 13.0. The monoisotopic (exact) mass is 467 g/mol. The van der Waals surface area contributed by atoms with Gasteiger partial charge in [-0.3, -0.25) is 0 Å². The molecule has 1 aromatic carbocycles. The molecule has 0 unspecified atom stereocenters. The van der Waals surface area contributed by atoms with E-state index in [4.69, 9.17) is 11.3 Å². The van der Waals surface area contributed by atoms with Crippen LogP contribution in [0.5, 0.6) is 5.88 Å². The number of pyridine rings is 1. The summed E-state index contributed by atoms with van der Waals surface area (Å²) in [6.45, 7) is 4.75. The van der Waals surface area contributed by atoms with Crippen LogP contribution in [0, 0.1) is 6.57 Å². The van der Waals surface area contributed by atoms with Crippen molar-refractivity contribution in [2.24, 2.45) is 0 Å². The molecule has 0 radical (unpaired) electrons. The van der Waals surface area contributed by atoms with Crippen molar-refractivity contribution in [1.82, 2.24) is 4.98 Å². The number of alkyl halides is 6. The molecule has 2 aromatic rings. The number of benzene rings is 1. The summed E-state index contributed by atoms with van der Waals surface area (Å²) in [7, 11) is 0. The molecular weight excluding hydrogens is 456 g/mol. The Kier molecular flexibility index (Phi) is 6.77. The third-order valence-electron chi connectivity index (χ3n) is 3.45. The lowest BCUT2D eigenvalue weighted by molar-refractivity contribution is -0.136. The van der Waals surface area contributed by atoms with Crippen LogP contribution in [0.25, 0.3) is 4.85 Å². The minimum absolute atomic E-state index is 0.162. The summed E-state index contributed by atoms with van der Waals surface area (Å²) in [5.41, 5.74) is -2.29. The Hall–Kier alpha value is -2.48. The third-order valence-corrected chi connectivity index (χ3v) is 3.92. The molecule has 1 heterocycles. The quantitative estimate of drug-likeness (QED) is 0.393. The molecule has 1 aromatic heterocycles. The van der Waals surface area contributed by atoms with Gasteiger partial charge in [0, 0.05) is 22.4 Å². The zero-order chi connectivity index (χ0) is 20.9. The highest BCUT2D eigenvalue weighted by atomic mass is 79.9. The summed E-state index contributed by atoms with van der Waals surface area (Å²) in [4.78, 5) is 7.38. The molecule has 0 aliphatic rings. The summed E-state index contributed by atoms with van der Waals surface area (Å²) in [5, 5.41) is 0. The Bertz CT molecular complexity index is 846. The second kappa shape index (κ2) is 8.68. The van der Waals surface area contributed by atoms with E-state index in [1.165, 1.54) is 12.3 Å². The first-order valence-corrected chi connectivity index (χ1v) is 8.43. The number of nitrogens with zero attached hydrogens (tertiary/aromatic N) is 3. The van der Waals surface area contributed by atoms with Gasteiger partial charge in [0.1, 0.15) is 13.2 Å². The lowest BCUT2D eigenvalue weighted by Gasteiger charge is -2.27. The van der Waals surface area contributed by atoms with E-state index in [0.717, 1.165) is 12.1 Å². The molecular formula is C17H12BrF6N3O. The van der Waals surface area contributed by atoms with E-state index >= 15 is 0 Å². The fraction of sp³-hybridized carbons (Fsp3) is 0.294. The Morgan fingerprint density at radius 3 is 2.36 bits per heavy atom. The van der Waals surface area contributed by atoms with Crippen LogP contribution in [-0.2, 0) is 6.18 Å².